The molecular weight excluding hydrogens is 614 g/mol. The number of amides is 2. The van der Waals surface area contributed by atoms with Crippen molar-refractivity contribution in [2.75, 3.05) is 23.0 Å². The summed E-state index contributed by atoms with van der Waals surface area (Å²) in [4.78, 5) is 30.0. The minimum absolute atomic E-state index is 0.116. The molecule has 1 N–H and O–H groups in total. The van der Waals surface area contributed by atoms with Gasteiger partial charge in [-0.1, -0.05) is 66.7 Å². The third-order valence-electron chi connectivity index (χ3n) is 9.61. The molecular formula is C36H40FN5O4Si. The van der Waals surface area contributed by atoms with Crippen molar-refractivity contribution in [2.45, 2.75) is 56.1 Å². The predicted octanol–water partition coefficient (Wildman–Crippen LogP) is 6.09. The highest BCUT2D eigenvalue weighted by molar-refractivity contribution is 6.72. The number of nitrogens with zero attached hydrogens (tertiary/aromatic N) is 5. The number of aromatic nitrogens is 3. The van der Waals surface area contributed by atoms with E-state index in [9.17, 15) is 14.7 Å². The van der Waals surface area contributed by atoms with Gasteiger partial charge in [0.2, 0.25) is 14.8 Å². The maximum Gasteiger partial charge on any atom is 0.264 e. The number of aryl methyl sites for hydroxylation is 1. The van der Waals surface area contributed by atoms with Crippen LogP contribution in [0.4, 0.5) is 21.2 Å². The molecule has 0 aliphatic carbocycles. The van der Waals surface area contributed by atoms with Crippen molar-refractivity contribution in [3.63, 3.8) is 0 Å². The van der Waals surface area contributed by atoms with E-state index in [2.05, 4.69) is 16.9 Å². The molecule has 1 aromatic heterocycles. The van der Waals surface area contributed by atoms with Crippen molar-refractivity contribution in [1.82, 2.24) is 15.0 Å². The Balaban J connectivity index is 1.34. The number of anilines is 3. The molecule has 3 aromatic carbocycles. The third kappa shape index (κ3) is 5.72. The van der Waals surface area contributed by atoms with Gasteiger partial charge in [-0.15, -0.1) is 11.7 Å². The highest BCUT2D eigenvalue weighted by Gasteiger charge is 2.66. The van der Waals surface area contributed by atoms with E-state index < -0.39 is 31.6 Å². The average molecular weight is 654 g/mol. The molecule has 0 bridgehead atoms. The molecule has 3 heterocycles. The third-order valence-corrected chi connectivity index (χ3v) is 12.1. The topological polar surface area (TPSA) is 101 Å². The Morgan fingerprint density at radius 2 is 1.81 bits per heavy atom. The Kier molecular flexibility index (Phi) is 8.97. The Labute approximate surface area is 275 Å². The number of aliphatic hydroxyl groups excluding tert-OH is 1. The zero-order valence-electron chi connectivity index (χ0n) is 26.9. The number of hydrogen-bond acceptors (Lipinski definition) is 6. The second-order valence-corrected chi connectivity index (χ2v) is 16.6. The summed E-state index contributed by atoms with van der Waals surface area (Å²) in [5.74, 6) is -1.06. The summed E-state index contributed by atoms with van der Waals surface area (Å²) in [5.41, 5.74) is 2.19. The number of rotatable bonds is 12. The Hall–Kier alpha value is -4.45. The van der Waals surface area contributed by atoms with Gasteiger partial charge in [-0.2, -0.15) is 0 Å². The van der Waals surface area contributed by atoms with Crippen LogP contribution in [-0.4, -0.2) is 60.1 Å². The summed E-state index contributed by atoms with van der Waals surface area (Å²) in [6, 6.07) is 24.4. The number of aliphatic hydroxyl groups is 1. The standard InChI is InChI=1S/C36H40FN5O4Si/c1-5-19-41-32-17-16-28(42(24-44)27-14-10-7-11-15-27)21-30(32)36(35(41)45)25(2)34(47(3,4)37)33(46-36)18-20-40-22-31(38-39-40)29(23-43)26-12-8-6-9-13-26/h5-17,21-22,24-25,29,33-34,43H,1,18-20,23H2,2-4H3/t25-,29?,33+,34-,36+/m1/s1. The quantitative estimate of drug-likeness (QED) is 0.0860. The van der Waals surface area contributed by atoms with Crippen LogP contribution >= 0.6 is 0 Å². The highest BCUT2D eigenvalue weighted by atomic mass is 28.4. The van der Waals surface area contributed by atoms with Crippen LogP contribution < -0.4 is 9.80 Å². The van der Waals surface area contributed by atoms with Gasteiger partial charge in [0.25, 0.3) is 5.91 Å². The fourth-order valence-electron chi connectivity index (χ4n) is 7.52. The first-order valence-electron chi connectivity index (χ1n) is 15.9. The lowest BCUT2D eigenvalue weighted by Crippen LogP contribution is -2.45. The van der Waals surface area contributed by atoms with E-state index in [1.54, 1.807) is 34.9 Å². The molecule has 2 aliphatic heterocycles. The van der Waals surface area contributed by atoms with E-state index in [1.807, 2.05) is 85.8 Å². The molecule has 5 atom stereocenters. The van der Waals surface area contributed by atoms with Crippen molar-refractivity contribution in [1.29, 1.82) is 0 Å². The van der Waals surface area contributed by atoms with Gasteiger partial charge in [0.15, 0.2) is 5.60 Å². The van der Waals surface area contributed by atoms with E-state index in [0.717, 1.165) is 12.0 Å². The van der Waals surface area contributed by atoms with Gasteiger partial charge >= 0.3 is 0 Å². The Morgan fingerprint density at radius 3 is 2.45 bits per heavy atom. The van der Waals surface area contributed by atoms with Crippen molar-refractivity contribution in [3.8, 4) is 0 Å². The molecule has 0 radical (unpaired) electrons. The number of halogens is 1. The lowest BCUT2D eigenvalue weighted by atomic mass is 9.82. The van der Waals surface area contributed by atoms with Crippen molar-refractivity contribution in [3.05, 3.63) is 115 Å². The Bertz CT molecular complexity index is 1750. The van der Waals surface area contributed by atoms with Crippen LogP contribution in [0.25, 0.3) is 0 Å². The fourth-order valence-corrected chi connectivity index (χ4v) is 10.1. The van der Waals surface area contributed by atoms with E-state index >= 15 is 4.11 Å². The van der Waals surface area contributed by atoms with Gasteiger partial charge in [-0.25, -0.2) is 0 Å². The maximum absolute atomic E-state index is 16.3. The van der Waals surface area contributed by atoms with Gasteiger partial charge in [-0.3, -0.25) is 19.2 Å². The fraction of sp³-hybridized carbons (Fsp3) is 0.333. The summed E-state index contributed by atoms with van der Waals surface area (Å²) >= 11 is 0. The van der Waals surface area contributed by atoms with Crippen LogP contribution in [0.1, 0.15) is 36.1 Å². The largest absolute Gasteiger partial charge is 0.395 e. The molecule has 1 spiro atoms. The molecule has 1 fully saturated rings. The molecule has 9 nitrogen and oxygen atoms in total. The van der Waals surface area contributed by atoms with Crippen LogP contribution in [0.15, 0.2) is 97.7 Å². The second-order valence-electron chi connectivity index (χ2n) is 12.8. The van der Waals surface area contributed by atoms with E-state index in [4.69, 9.17) is 4.74 Å². The monoisotopic (exact) mass is 653 g/mol. The summed E-state index contributed by atoms with van der Waals surface area (Å²) in [7, 11) is -3.39. The average Bonchev–Trinajstić information content (AvgIpc) is 3.72. The van der Waals surface area contributed by atoms with Gasteiger partial charge in [0, 0.05) is 47.7 Å². The molecule has 11 heteroatoms. The smallest absolute Gasteiger partial charge is 0.264 e. The van der Waals surface area contributed by atoms with E-state index in [0.29, 0.717) is 41.3 Å². The number of benzene rings is 3. The summed E-state index contributed by atoms with van der Waals surface area (Å²) < 4.78 is 24.9. The molecule has 2 amide bonds. The van der Waals surface area contributed by atoms with Crippen LogP contribution in [0.2, 0.25) is 18.6 Å². The van der Waals surface area contributed by atoms with Gasteiger partial charge < -0.3 is 18.9 Å². The van der Waals surface area contributed by atoms with Crippen LogP contribution in [0, 0.1) is 5.92 Å². The minimum atomic E-state index is -3.39. The number of ether oxygens (including phenoxy) is 1. The molecule has 4 aromatic rings. The molecule has 1 saturated heterocycles. The molecule has 1 unspecified atom stereocenters. The summed E-state index contributed by atoms with van der Waals surface area (Å²) in [6.45, 7) is 9.66. The summed E-state index contributed by atoms with van der Waals surface area (Å²) in [5, 5.41) is 18.8. The van der Waals surface area contributed by atoms with Crippen molar-refractivity contribution >= 4 is 37.8 Å². The van der Waals surface area contributed by atoms with Gasteiger partial charge in [0.05, 0.1) is 30.0 Å². The summed E-state index contributed by atoms with van der Waals surface area (Å²) in [6.07, 6.45) is 4.04. The predicted molar refractivity (Wildman–Crippen MR) is 182 cm³/mol. The Morgan fingerprint density at radius 1 is 1.11 bits per heavy atom. The highest BCUT2D eigenvalue weighted by Crippen LogP contribution is 2.60. The first kappa shape index (κ1) is 32.5. The van der Waals surface area contributed by atoms with Crippen LogP contribution in [0.3, 0.4) is 0 Å². The second kappa shape index (κ2) is 13.0. The zero-order chi connectivity index (χ0) is 33.3. The van der Waals surface area contributed by atoms with E-state index in [-0.39, 0.29) is 25.0 Å². The first-order chi connectivity index (χ1) is 22.6. The first-order valence-corrected chi connectivity index (χ1v) is 18.9. The van der Waals surface area contributed by atoms with Gasteiger partial charge in [0.1, 0.15) is 0 Å². The normalized spacial score (nSPS) is 22.8. The SMILES string of the molecule is C=CCN1C(=O)[C@@]2(O[C@@H](CCn3cc(C(CO)c4ccccc4)nn3)[C@H]([Si](C)(C)F)[C@H]2C)c2cc(N(C=O)c3ccccc3)ccc21. The number of fused-ring (bicyclic) bond motifs is 2. The van der Waals surface area contributed by atoms with Crippen LogP contribution in [0.5, 0.6) is 0 Å². The number of carbonyl (C=O) groups excluding carboxylic acids is 2. The van der Waals surface area contributed by atoms with Crippen LogP contribution in [-0.2, 0) is 26.5 Å². The molecule has 0 saturated carbocycles. The maximum atomic E-state index is 16.3. The van der Waals surface area contributed by atoms with Crippen molar-refractivity contribution in [2.24, 2.45) is 5.92 Å². The lowest BCUT2D eigenvalue weighted by molar-refractivity contribution is -0.145. The molecule has 47 heavy (non-hydrogen) atoms. The number of para-hydroxylation sites is 1. The molecule has 244 valence electrons. The number of carbonyl (C=O) groups is 2. The molecule has 2 aliphatic rings. The van der Waals surface area contributed by atoms with E-state index in [1.165, 1.54) is 4.90 Å². The lowest BCUT2D eigenvalue weighted by Gasteiger charge is -2.31. The zero-order valence-corrected chi connectivity index (χ0v) is 27.9. The van der Waals surface area contributed by atoms with Crippen molar-refractivity contribution < 1.29 is 23.5 Å². The minimum Gasteiger partial charge on any atom is -0.395 e. The van der Waals surface area contributed by atoms with Gasteiger partial charge in [-0.05, 0) is 55.4 Å². The number of hydrogen-bond donors (Lipinski definition) is 1. The molecule has 6 rings (SSSR count).